The van der Waals surface area contributed by atoms with Crippen LogP contribution in [0.2, 0.25) is 5.02 Å². The fourth-order valence-electron chi connectivity index (χ4n) is 1.70. The molecule has 2 amide bonds. The minimum absolute atomic E-state index is 0.0890. The van der Waals surface area contributed by atoms with Crippen molar-refractivity contribution < 1.29 is 14.7 Å². The number of nitrogens with zero attached hydrogens (tertiary/aromatic N) is 1. The van der Waals surface area contributed by atoms with Gasteiger partial charge in [-0.15, -0.1) is 11.3 Å². The summed E-state index contributed by atoms with van der Waals surface area (Å²) in [5, 5.41) is 12.6. The van der Waals surface area contributed by atoms with E-state index in [1.54, 1.807) is 12.1 Å². The first-order valence-corrected chi connectivity index (χ1v) is 8.14. The van der Waals surface area contributed by atoms with Crippen LogP contribution in [-0.2, 0) is 4.79 Å². The van der Waals surface area contributed by atoms with Crippen LogP contribution in [0.5, 0.6) is 5.75 Å². The number of halogens is 2. The lowest BCUT2D eigenvalue weighted by Gasteiger charge is -2.16. The Morgan fingerprint density at radius 2 is 2.09 bits per heavy atom. The Morgan fingerprint density at radius 1 is 1.36 bits per heavy atom. The van der Waals surface area contributed by atoms with Crippen LogP contribution in [0, 0.1) is 0 Å². The lowest BCUT2D eigenvalue weighted by molar-refractivity contribution is -0.116. The molecule has 2 N–H and O–H groups in total. The van der Waals surface area contributed by atoms with Crippen molar-refractivity contribution in [2.75, 3.05) is 18.9 Å². The van der Waals surface area contributed by atoms with Gasteiger partial charge >= 0.3 is 0 Å². The minimum atomic E-state index is -0.427. The van der Waals surface area contributed by atoms with Gasteiger partial charge in [0.1, 0.15) is 5.75 Å². The van der Waals surface area contributed by atoms with E-state index in [4.69, 9.17) is 11.6 Å². The summed E-state index contributed by atoms with van der Waals surface area (Å²) in [4.78, 5) is 25.9. The Labute approximate surface area is 144 Å². The van der Waals surface area contributed by atoms with E-state index >= 15 is 0 Å². The number of benzene rings is 1. The molecule has 8 heteroatoms. The molecule has 5 nitrogen and oxygen atoms in total. The number of phenols is 1. The van der Waals surface area contributed by atoms with Crippen LogP contribution < -0.4 is 5.32 Å². The third-order valence-corrected chi connectivity index (χ3v) is 4.59. The Balaban J connectivity index is 1.99. The number of likely N-dealkylation sites (N-methyl/N-ethyl adjacent to an activating group) is 1. The fraction of sp³-hybridized carbons (Fsp3) is 0.143. The van der Waals surface area contributed by atoms with E-state index in [2.05, 4.69) is 21.2 Å². The number of rotatable bonds is 4. The van der Waals surface area contributed by atoms with Crippen molar-refractivity contribution in [2.45, 2.75) is 0 Å². The number of amides is 2. The number of aromatic hydroxyl groups is 1. The summed E-state index contributed by atoms with van der Waals surface area (Å²) in [6, 6.07) is 7.80. The summed E-state index contributed by atoms with van der Waals surface area (Å²) in [6.45, 7) is -0.139. The first-order valence-electron chi connectivity index (χ1n) is 6.16. The lowest BCUT2D eigenvalue weighted by Crippen LogP contribution is -2.34. The zero-order chi connectivity index (χ0) is 16.3. The van der Waals surface area contributed by atoms with Crippen LogP contribution in [0.15, 0.2) is 34.1 Å². The summed E-state index contributed by atoms with van der Waals surface area (Å²) in [5.41, 5.74) is 0.206. The third-order valence-electron chi connectivity index (χ3n) is 2.74. The van der Waals surface area contributed by atoms with E-state index in [0.29, 0.717) is 9.90 Å². The number of hydrogen-bond acceptors (Lipinski definition) is 4. The van der Waals surface area contributed by atoms with E-state index in [-0.39, 0.29) is 23.9 Å². The first kappa shape index (κ1) is 16.8. The predicted octanol–water partition coefficient (Wildman–Crippen LogP) is 3.58. The van der Waals surface area contributed by atoms with E-state index in [1.165, 1.54) is 41.5 Å². The van der Waals surface area contributed by atoms with Gasteiger partial charge in [0.2, 0.25) is 5.91 Å². The smallest absolute Gasteiger partial charge is 0.264 e. The van der Waals surface area contributed by atoms with E-state index < -0.39 is 5.91 Å². The molecule has 0 saturated carbocycles. The van der Waals surface area contributed by atoms with Gasteiger partial charge in [0.15, 0.2) is 0 Å². The van der Waals surface area contributed by atoms with Gasteiger partial charge in [0.25, 0.3) is 5.91 Å². The number of anilines is 1. The average molecular weight is 404 g/mol. The van der Waals surface area contributed by atoms with E-state index in [9.17, 15) is 14.7 Å². The second-order valence-electron chi connectivity index (χ2n) is 4.47. The Bertz CT molecular complexity index is 720. The van der Waals surface area contributed by atoms with Crippen LogP contribution in [0.1, 0.15) is 9.67 Å². The van der Waals surface area contributed by atoms with Gasteiger partial charge in [-0.1, -0.05) is 11.6 Å². The molecule has 1 aromatic heterocycles. The maximum atomic E-state index is 12.1. The van der Waals surface area contributed by atoms with Crippen molar-refractivity contribution in [1.82, 2.24) is 4.90 Å². The minimum Gasteiger partial charge on any atom is -0.506 e. The van der Waals surface area contributed by atoms with Crippen molar-refractivity contribution in [1.29, 1.82) is 0 Å². The highest BCUT2D eigenvalue weighted by Crippen LogP contribution is 2.26. The SMILES string of the molecule is CN(CC(=O)Nc1cc(Cl)ccc1O)C(=O)c1ccc(Br)s1. The van der Waals surface area contributed by atoms with Gasteiger partial charge in [-0.25, -0.2) is 0 Å². The van der Waals surface area contributed by atoms with Gasteiger partial charge in [-0.05, 0) is 46.3 Å². The van der Waals surface area contributed by atoms with Crippen molar-refractivity contribution in [3.63, 3.8) is 0 Å². The lowest BCUT2D eigenvalue weighted by atomic mass is 10.3. The molecule has 0 aliphatic carbocycles. The van der Waals surface area contributed by atoms with Crippen LogP contribution >= 0.6 is 38.9 Å². The number of thiophene rings is 1. The summed E-state index contributed by atoms with van der Waals surface area (Å²) in [5.74, 6) is -0.765. The Morgan fingerprint density at radius 3 is 2.73 bits per heavy atom. The molecule has 2 aromatic rings. The molecule has 0 bridgehead atoms. The molecule has 116 valence electrons. The number of hydrogen-bond donors (Lipinski definition) is 2. The van der Waals surface area contributed by atoms with Crippen molar-refractivity contribution in [3.05, 3.63) is 44.0 Å². The average Bonchev–Trinajstić information content (AvgIpc) is 2.88. The van der Waals surface area contributed by atoms with Crippen LogP contribution in [-0.4, -0.2) is 35.4 Å². The number of phenolic OH excluding ortho intramolecular Hbond substituents is 1. The maximum Gasteiger partial charge on any atom is 0.264 e. The molecule has 0 spiro atoms. The van der Waals surface area contributed by atoms with Crippen molar-refractivity contribution >= 4 is 56.4 Å². The maximum absolute atomic E-state index is 12.1. The van der Waals surface area contributed by atoms with Crippen LogP contribution in [0.3, 0.4) is 0 Å². The first-order chi connectivity index (χ1) is 10.4. The molecule has 0 radical (unpaired) electrons. The quantitative estimate of drug-likeness (QED) is 0.767. The highest BCUT2D eigenvalue weighted by molar-refractivity contribution is 9.11. The van der Waals surface area contributed by atoms with E-state index in [1.807, 2.05) is 0 Å². The Hall–Kier alpha value is -1.57. The normalized spacial score (nSPS) is 10.3. The predicted molar refractivity (Wildman–Crippen MR) is 90.7 cm³/mol. The molecule has 22 heavy (non-hydrogen) atoms. The largest absolute Gasteiger partial charge is 0.506 e. The summed E-state index contributed by atoms with van der Waals surface area (Å²) < 4.78 is 0.845. The molecule has 1 aromatic carbocycles. The van der Waals surface area contributed by atoms with Crippen LogP contribution in [0.4, 0.5) is 5.69 Å². The molecule has 0 saturated heterocycles. The monoisotopic (exact) mass is 402 g/mol. The van der Waals surface area contributed by atoms with Gasteiger partial charge in [0, 0.05) is 12.1 Å². The number of carbonyl (C=O) groups is 2. The Kier molecular flexibility index (Phi) is 5.44. The molecule has 2 rings (SSSR count). The molecular weight excluding hydrogens is 392 g/mol. The summed E-state index contributed by atoms with van der Waals surface area (Å²) >= 11 is 10.4. The molecule has 1 heterocycles. The molecule has 0 atom stereocenters. The molecule has 0 aliphatic heterocycles. The molecule has 0 unspecified atom stereocenters. The zero-order valence-electron chi connectivity index (χ0n) is 11.5. The van der Waals surface area contributed by atoms with Gasteiger partial charge < -0.3 is 15.3 Å². The van der Waals surface area contributed by atoms with Crippen molar-refractivity contribution in [3.8, 4) is 5.75 Å². The van der Waals surface area contributed by atoms with Gasteiger partial charge in [0.05, 0.1) is 20.9 Å². The summed E-state index contributed by atoms with van der Waals surface area (Å²) in [6.07, 6.45) is 0. The topological polar surface area (TPSA) is 69.6 Å². The third kappa shape index (κ3) is 4.22. The highest BCUT2D eigenvalue weighted by atomic mass is 79.9. The number of carbonyl (C=O) groups excluding carboxylic acids is 2. The number of nitrogens with one attached hydrogen (secondary N) is 1. The second kappa shape index (κ2) is 7.13. The van der Waals surface area contributed by atoms with Crippen LogP contribution in [0.25, 0.3) is 0 Å². The standard InChI is InChI=1S/C14H12BrClN2O3S/c1-18(14(21)11-4-5-12(15)22-11)7-13(20)17-9-6-8(16)2-3-10(9)19/h2-6,19H,7H2,1H3,(H,17,20). The zero-order valence-corrected chi connectivity index (χ0v) is 14.6. The molecule has 0 aliphatic rings. The fourth-order valence-corrected chi connectivity index (χ4v) is 3.26. The molecular formula is C14H12BrClN2O3S. The summed E-state index contributed by atoms with van der Waals surface area (Å²) in [7, 11) is 1.54. The van der Waals surface area contributed by atoms with Gasteiger partial charge in [-0.3, -0.25) is 9.59 Å². The second-order valence-corrected chi connectivity index (χ2v) is 7.37. The highest BCUT2D eigenvalue weighted by Gasteiger charge is 2.17. The van der Waals surface area contributed by atoms with Crippen molar-refractivity contribution in [2.24, 2.45) is 0 Å². The van der Waals surface area contributed by atoms with Gasteiger partial charge in [-0.2, -0.15) is 0 Å². The molecule has 0 fully saturated rings. The van der Waals surface area contributed by atoms with E-state index in [0.717, 1.165) is 3.79 Å².